The van der Waals surface area contributed by atoms with Crippen LogP contribution >= 0.6 is 15.9 Å². The van der Waals surface area contributed by atoms with Crippen LogP contribution in [0.2, 0.25) is 0 Å². The summed E-state index contributed by atoms with van der Waals surface area (Å²) in [4.78, 5) is 4.26. The molecule has 1 N–H and O–H groups in total. The molecule has 0 saturated carbocycles. The molecular formula is C10H10BrN3O. The molecule has 2 rings (SSSR count). The van der Waals surface area contributed by atoms with Crippen LogP contribution in [0.4, 0.5) is 0 Å². The third-order valence-electron chi connectivity index (χ3n) is 1.91. The van der Waals surface area contributed by atoms with Gasteiger partial charge in [0.2, 0.25) is 11.7 Å². The number of rotatable bonds is 3. The van der Waals surface area contributed by atoms with E-state index >= 15 is 0 Å². The van der Waals surface area contributed by atoms with Crippen molar-refractivity contribution in [1.29, 1.82) is 0 Å². The molecule has 0 unspecified atom stereocenters. The van der Waals surface area contributed by atoms with Gasteiger partial charge in [0.15, 0.2) is 0 Å². The summed E-state index contributed by atoms with van der Waals surface area (Å²) in [6, 6.07) is 7.78. The molecule has 0 amide bonds. The molecule has 0 spiro atoms. The highest BCUT2D eigenvalue weighted by Gasteiger charge is 2.09. The van der Waals surface area contributed by atoms with Gasteiger partial charge in [-0.15, -0.1) is 0 Å². The van der Waals surface area contributed by atoms with Gasteiger partial charge in [-0.05, 0) is 19.2 Å². The van der Waals surface area contributed by atoms with E-state index in [4.69, 9.17) is 4.52 Å². The van der Waals surface area contributed by atoms with Gasteiger partial charge in [-0.25, -0.2) is 0 Å². The van der Waals surface area contributed by atoms with E-state index in [9.17, 15) is 0 Å². The zero-order valence-electron chi connectivity index (χ0n) is 8.20. The van der Waals surface area contributed by atoms with E-state index in [1.54, 1.807) is 0 Å². The fourth-order valence-corrected chi connectivity index (χ4v) is 1.69. The molecule has 0 aliphatic carbocycles. The van der Waals surface area contributed by atoms with Crippen molar-refractivity contribution in [2.24, 2.45) is 0 Å². The van der Waals surface area contributed by atoms with Crippen LogP contribution in [0.5, 0.6) is 0 Å². The highest BCUT2D eigenvalue weighted by molar-refractivity contribution is 9.10. The molecule has 4 nitrogen and oxygen atoms in total. The molecule has 0 saturated heterocycles. The fraction of sp³-hybridized carbons (Fsp3) is 0.200. The Labute approximate surface area is 95.8 Å². The largest absolute Gasteiger partial charge is 0.338 e. The summed E-state index contributed by atoms with van der Waals surface area (Å²) >= 11 is 3.44. The SMILES string of the molecule is CNCc1nc(-c2ccccc2Br)no1. The van der Waals surface area contributed by atoms with Crippen molar-refractivity contribution in [1.82, 2.24) is 15.5 Å². The number of benzene rings is 1. The molecule has 5 heteroatoms. The molecule has 1 heterocycles. The van der Waals surface area contributed by atoms with E-state index in [0.717, 1.165) is 10.0 Å². The van der Waals surface area contributed by atoms with Crippen LogP contribution in [0, 0.1) is 0 Å². The van der Waals surface area contributed by atoms with Crippen molar-refractivity contribution in [3.8, 4) is 11.4 Å². The van der Waals surface area contributed by atoms with Crippen molar-refractivity contribution >= 4 is 15.9 Å². The minimum absolute atomic E-state index is 0.581. The average Bonchev–Trinajstić information content (AvgIpc) is 2.68. The molecule has 15 heavy (non-hydrogen) atoms. The highest BCUT2D eigenvalue weighted by Crippen LogP contribution is 2.25. The first-order chi connectivity index (χ1) is 7.31. The molecule has 0 atom stereocenters. The van der Waals surface area contributed by atoms with Crippen molar-refractivity contribution in [3.63, 3.8) is 0 Å². The smallest absolute Gasteiger partial charge is 0.240 e. The second-order valence-corrected chi connectivity index (χ2v) is 3.88. The van der Waals surface area contributed by atoms with Gasteiger partial charge in [0, 0.05) is 10.0 Å². The van der Waals surface area contributed by atoms with Gasteiger partial charge in [0.1, 0.15) is 0 Å². The summed E-state index contributed by atoms with van der Waals surface area (Å²) in [7, 11) is 1.84. The minimum atomic E-state index is 0.581. The van der Waals surface area contributed by atoms with Crippen LogP contribution in [0.25, 0.3) is 11.4 Å². The number of hydrogen-bond donors (Lipinski definition) is 1. The number of aromatic nitrogens is 2. The fourth-order valence-electron chi connectivity index (χ4n) is 1.23. The summed E-state index contributed by atoms with van der Waals surface area (Å²) < 4.78 is 6.03. The zero-order chi connectivity index (χ0) is 10.7. The number of nitrogens with zero attached hydrogens (tertiary/aromatic N) is 2. The zero-order valence-corrected chi connectivity index (χ0v) is 9.78. The first-order valence-electron chi connectivity index (χ1n) is 4.53. The predicted molar refractivity (Wildman–Crippen MR) is 60.2 cm³/mol. The maximum atomic E-state index is 5.07. The van der Waals surface area contributed by atoms with Gasteiger partial charge in [-0.1, -0.05) is 33.2 Å². The minimum Gasteiger partial charge on any atom is -0.338 e. The van der Waals surface area contributed by atoms with Crippen LogP contribution in [-0.4, -0.2) is 17.2 Å². The molecule has 1 aromatic heterocycles. The van der Waals surface area contributed by atoms with Gasteiger partial charge in [-0.2, -0.15) is 4.98 Å². The molecule has 0 fully saturated rings. The van der Waals surface area contributed by atoms with Gasteiger partial charge in [0.25, 0.3) is 0 Å². The van der Waals surface area contributed by atoms with Gasteiger partial charge < -0.3 is 9.84 Å². The first kappa shape index (κ1) is 10.3. The lowest BCUT2D eigenvalue weighted by Crippen LogP contribution is -2.04. The summed E-state index contributed by atoms with van der Waals surface area (Å²) in [5.74, 6) is 1.19. The summed E-state index contributed by atoms with van der Waals surface area (Å²) in [6.45, 7) is 0.581. The van der Waals surface area contributed by atoms with Crippen molar-refractivity contribution < 1.29 is 4.52 Å². The van der Waals surface area contributed by atoms with E-state index in [1.807, 2.05) is 31.3 Å². The van der Waals surface area contributed by atoms with Crippen LogP contribution in [-0.2, 0) is 6.54 Å². The lowest BCUT2D eigenvalue weighted by Gasteiger charge is -1.96. The summed E-state index contributed by atoms with van der Waals surface area (Å²) in [5, 5.41) is 6.87. The Morgan fingerprint density at radius 2 is 2.20 bits per heavy atom. The lowest BCUT2D eigenvalue weighted by atomic mass is 10.2. The van der Waals surface area contributed by atoms with Gasteiger partial charge in [0.05, 0.1) is 6.54 Å². The summed E-state index contributed by atoms with van der Waals surface area (Å²) in [5.41, 5.74) is 0.934. The summed E-state index contributed by atoms with van der Waals surface area (Å²) in [6.07, 6.45) is 0. The topological polar surface area (TPSA) is 51.0 Å². The molecule has 78 valence electrons. The molecule has 0 aliphatic rings. The maximum Gasteiger partial charge on any atom is 0.240 e. The second-order valence-electron chi connectivity index (χ2n) is 3.02. The third-order valence-corrected chi connectivity index (χ3v) is 2.60. The molecule has 0 radical (unpaired) electrons. The van der Waals surface area contributed by atoms with Gasteiger partial charge in [-0.3, -0.25) is 0 Å². The second kappa shape index (κ2) is 4.55. The Bertz CT molecular complexity index is 455. The van der Waals surface area contributed by atoms with E-state index < -0.39 is 0 Å². The van der Waals surface area contributed by atoms with E-state index in [-0.39, 0.29) is 0 Å². The van der Waals surface area contributed by atoms with E-state index in [2.05, 4.69) is 31.4 Å². The van der Waals surface area contributed by atoms with Crippen LogP contribution in [0.15, 0.2) is 33.3 Å². The Balaban J connectivity index is 2.33. The molecule has 0 bridgehead atoms. The average molecular weight is 268 g/mol. The maximum absolute atomic E-state index is 5.07. The first-order valence-corrected chi connectivity index (χ1v) is 5.32. The van der Waals surface area contributed by atoms with Crippen molar-refractivity contribution in [2.45, 2.75) is 6.54 Å². The standard InChI is InChI=1S/C10H10BrN3O/c1-12-6-9-13-10(14-15-9)7-4-2-3-5-8(7)11/h2-5,12H,6H2,1H3. The van der Waals surface area contributed by atoms with E-state index in [1.165, 1.54) is 0 Å². The van der Waals surface area contributed by atoms with Crippen LogP contribution in [0.3, 0.4) is 0 Å². The quantitative estimate of drug-likeness (QED) is 0.927. The molecular weight excluding hydrogens is 258 g/mol. The Morgan fingerprint density at radius 3 is 2.93 bits per heavy atom. The lowest BCUT2D eigenvalue weighted by molar-refractivity contribution is 0.372. The Morgan fingerprint density at radius 1 is 1.40 bits per heavy atom. The normalized spacial score (nSPS) is 10.5. The molecule has 1 aromatic carbocycles. The molecule has 2 aromatic rings. The number of halogens is 1. The Hall–Kier alpha value is -1.20. The van der Waals surface area contributed by atoms with Crippen molar-refractivity contribution in [2.75, 3.05) is 7.05 Å². The number of hydrogen-bond acceptors (Lipinski definition) is 4. The van der Waals surface area contributed by atoms with Crippen LogP contribution < -0.4 is 5.32 Å². The van der Waals surface area contributed by atoms with E-state index in [0.29, 0.717) is 18.3 Å². The Kier molecular flexibility index (Phi) is 3.13. The monoisotopic (exact) mass is 267 g/mol. The third kappa shape index (κ3) is 2.24. The molecule has 0 aliphatic heterocycles. The van der Waals surface area contributed by atoms with Gasteiger partial charge >= 0.3 is 0 Å². The van der Waals surface area contributed by atoms with Crippen LogP contribution in [0.1, 0.15) is 5.89 Å². The van der Waals surface area contributed by atoms with Crippen molar-refractivity contribution in [3.05, 3.63) is 34.6 Å². The highest BCUT2D eigenvalue weighted by atomic mass is 79.9. The predicted octanol–water partition coefficient (Wildman–Crippen LogP) is 2.22. The number of nitrogens with one attached hydrogen (secondary N) is 1.